The molecule has 0 amide bonds. The molecule has 26 heavy (non-hydrogen) atoms. The minimum Gasteiger partial charge on any atom is -0.493 e. The maximum Gasteiger partial charge on any atom is 0.221 e. The van der Waals surface area contributed by atoms with Gasteiger partial charge in [-0.1, -0.05) is 49.1 Å². The standard InChI is InChI=1S/C19H18N4O2S/c1-2-11-25-16-10-6-3-7-13(16)12-23-15-9-5-4-8-14(15)17(18(23)24)21-22-19(20)26/h2-10,24H,1,11-12H2,(H2,20,26). The number of nitrogens with zero attached hydrogens (tertiary/aromatic N) is 3. The van der Waals surface area contributed by atoms with Gasteiger partial charge >= 0.3 is 0 Å². The van der Waals surface area contributed by atoms with Crippen molar-refractivity contribution in [1.82, 2.24) is 4.57 Å². The predicted molar refractivity (Wildman–Crippen MR) is 106 cm³/mol. The van der Waals surface area contributed by atoms with Gasteiger partial charge in [0.05, 0.1) is 12.1 Å². The summed E-state index contributed by atoms with van der Waals surface area (Å²) in [5.74, 6) is 0.723. The molecule has 2 aromatic carbocycles. The van der Waals surface area contributed by atoms with E-state index in [1.165, 1.54) is 0 Å². The summed E-state index contributed by atoms with van der Waals surface area (Å²) in [7, 11) is 0. The second kappa shape index (κ2) is 7.79. The number of rotatable bonds is 6. The zero-order valence-electron chi connectivity index (χ0n) is 14.0. The van der Waals surface area contributed by atoms with Crippen LogP contribution in [-0.2, 0) is 6.54 Å². The van der Waals surface area contributed by atoms with Gasteiger partial charge in [0.1, 0.15) is 12.4 Å². The first-order chi connectivity index (χ1) is 12.6. The summed E-state index contributed by atoms with van der Waals surface area (Å²) in [4.78, 5) is 0. The zero-order valence-corrected chi connectivity index (χ0v) is 14.8. The second-order valence-corrected chi connectivity index (χ2v) is 5.94. The molecule has 0 unspecified atom stereocenters. The van der Waals surface area contributed by atoms with Crippen LogP contribution in [0.2, 0.25) is 0 Å². The molecule has 0 saturated heterocycles. The minimum atomic E-state index is -0.0931. The number of hydrogen-bond donors (Lipinski definition) is 2. The van der Waals surface area contributed by atoms with Gasteiger partial charge in [0.15, 0.2) is 5.69 Å². The number of azo groups is 1. The van der Waals surface area contributed by atoms with E-state index in [1.807, 2.05) is 48.5 Å². The molecule has 3 N–H and O–H groups in total. The normalized spacial score (nSPS) is 11.1. The molecule has 3 aromatic rings. The summed E-state index contributed by atoms with van der Waals surface area (Å²) in [6.45, 7) is 4.48. The van der Waals surface area contributed by atoms with Crippen molar-refractivity contribution in [1.29, 1.82) is 0 Å². The van der Waals surface area contributed by atoms with Gasteiger partial charge in [0.25, 0.3) is 0 Å². The van der Waals surface area contributed by atoms with E-state index in [1.54, 1.807) is 10.6 Å². The van der Waals surface area contributed by atoms with Gasteiger partial charge in [0, 0.05) is 10.9 Å². The van der Waals surface area contributed by atoms with Crippen LogP contribution in [0.15, 0.2) is 71.4 Å². The predicted octanol–water partition coefficient (Wildman–Crippen LogP) is 4.29. The molecule has 0 aliphatic carbocycles. The van der Waals surface area contributed by atoms with Gasteiger partial charge in [0.2, 0.25) is 11.0 Å². The van der Waals surface area contributed by atoms with Crippen molar-refractivity contribution in [2.75, 3.05) is 6.61 Å². The first-order valence-corrected chi connectivity index (χ1v) is 8.35. The second-order valence-electron chi connectivity index (χ2n) is 5.52. The van der Waals surface area contributed by atoms with Gasteiger partial charge in [-0.25, -0.2) is 0 Å². The van der Waals surface area contributed by atoms with Gasteiger partial charge < -0.3 is 20.1 Å². The molecule has 6 nitrogen and oxygen atoms in total. The fourth-order valence-electron chi connectivity index (χ4n) is 2.72. The Morgan fingerprint density at radius 2 is 1.96 bits per heavy atom. The maximum atomic E-state index is 10.7. The molecule has 0 bridgehead atoms. The fourth-order valence-corrected chi connectivity index (χ4v) is 2.76. The van der Waals surface area contributed by atoms with Gasteiger partial charge in [-0.15, -0.1) is 10.2 Å². The molecule has 0 atom stereocenters. The molecule has 0 aliphatic rings. The topological polar surface area (TPSA) is 85.1 Å². The molecule has 3 rings (SSSR count). The fraction of sp³-hybridized carbons (Fsp3) is 0.105. The number of benzene rings is 2. The Morgan fingerprint density at radius 3 is 2.73 bits per heavy atom. The monoisotopic (exact) mass is 366 g/mol. The van der Waals surface area contributed by atoms with E-state index < -0.39 is 0 Å². The smallest absolute Gasteiger partial charge is 0.221 e. The molecule has 7 heteroatoms. The lowest BCUT2D eigenvalue weighted by Crippen LogP contribution is -2.03. The third kappa shape index (κ3) is 3.57. The Labute approximate surface area is 156 Å². The first kappa shape index (κ1) is 17.6. The Hall–Kier alpha value is -3.19. The number of nitrogens with two attached hydrogens (primary N) is 1. The third-order valence-corrected chi connectivity index (χ3v) is 3.91. The number of fused-ring (bicyclic) bond motifs is 1. The summed E-state index contributed by atoms with van der Waals surface area (Å²) >= 11 is 4.73. The van der Waals surface area contributed by atoms with Crippen LogP contribution in [0.1, 0.15) is 5.56 Å². The van der Waals surface area contributed by atoms with E-state index in [2.05, 4.69) is 16.8 Å². The van der Waals surface area contributed by atoms with Crippen molar-refractivity contribution < 1.29 is 9.84 Å². The highest BCUT2D eigenvalue weighted by molar-refractivity contribution is 7.80. The molecule has 1 aromatic heterocycles. The summed E-state index contributed by atoms with van der Waals surface area (Å²) in [6, 6.07) is 15.2. The zero-order chi connectivity index (χ0) is 18.5. The van der Waals surface area contributed by atoms with Crippen LogP contribution in [0.5, 0.6) is 11.6 Å². The third-order valence-electron chi connectivity index (χ3n) is 3.82. The summed E-state index contributed by atoms with van der Waals surface area (Å²) in [5, 5.41) is 19.1. The molecular weight excluding hydrogens is 348 g/mol. The Balaban J connectivity index is 2.08. The van der Waals surface area contributed by atoms with Crippen molar-refractivity contribution in [3.05, 3.63) is 66.7 Å². The quantitative estimate of drug-likeness (QED) is 0.387. The van der Waals surface area contributed by atoms with Crippen molar-refractivity contribution in [2.24, 2.45) is 16.0 Å². The summed E-state index contributed by atoms with van der Waals surface area (Å²) in [6.07, 6.45) is 1.69. The van der Waals surface area contributed by atoms with Crippen LogP contribution in [-0.4, -0.2) is 21.4 Å². The molecule has 0 radical (unpaired) electrons. The Kier molecular flexibility index (Phi) is 5.28. The largest absolute Gasteiger partial charge is 0.493 e. The molecule has 0 aliphatic heterocycles. The number of para-hydroxylation sites is 2. The lowest BCUT2D eigenvalue weighted by Gasteiger charge is -2.12. The highest BCUT2D eigenvalue weighted by Gasteiger charge is 2.17. The van der Waals surface area contributed by atoms with E-state index in [9.17, 15) is 5.11 Å². The summed E-state index contributed by atoms with van der Waals surface area (Å²) in [5.41, 5.74) is 7.46. The number of aromatic hydroxyl groups is 1. The average Bonchev–Trinajstić information content (AvgIpc) is 2.91. The molecule has 0 saturated carbocycles. The van der Waals surface area contributed by atoms with E-state index in [0.717, 1.165) is 22.2 Å². The first-order valence-electron chi connectivity index (χ1n) is 7.94. The highest BCUT2D eigenvalue weighted by atomic mass is 32.1. The van der Waals surface area contributed by atoms with E-state index in [0.29, 0.717) is 18.8 Å². The maximum absolute atomic E-state index is 10.7. The minimum absolute atomic E-state index is 0.00952. The van der Waals surface area contributed by atoms with E-state index in [-0.39, 0.29) is 11.0 Å². The van der Waals surface area contributed by atoms with Crippen molar-refractivity contribution in [3.8, 4) is 11.6 Å². The molecule has 132 valence electrons. The van der Waals surface area contributed by atoms with Gasteiger partial charge in [-0.3, -0.25) is 0 Å². The van der Waals surface area contributed by atoms with Crippen molar-refractivity contribution in [3.63, 3.8) is 0 Å². The Morgan fingerprint density at radius 1 is 1.23 bits per heavy atom. The number of aromatic nitrogens is 1. The van der Waals surface area contributed by atoms with Gasteiger partial charge in [-0.2, -0.15) is 0 Å². The van der Waals surface area contributed by atoms with Crippen molar-refractivity contribution in [2.45, 2.75) is 6.54 Å². The average molecular weight is 366 g/mol. The Bertz CT molecular complexity index is 994. The van der Waals surface area contributed by atoms with Crippen molar-refractivity contribution >= 4 is 33.9 Å². The van der Waals surface area contributed by atoms with Crippen LogP contribution < -0.4 is 10.5 Å². The van der Waals surface area contributed by atoms with Gasteiger partial charge in [-0.05, 0) is 24.4 Å². The number of ether oxygens (including phenoxy) is 1. The lowest BCUT2D eigenvalue weighted by atomic mass is 10.2. The SMILES string of the molecule is C=CCOc1ccccc1Cn1c(O)c(N=NC(N)=S)c2ccccc21. The van der Waals surface area contributed by atoms with Crippen LogP contribution in [0.3, 0.4) is 0 Å². The van der Waals surface area contributed by atoms with Crippen LogP contribution in [0, 0.1) is 0 Å². The van der Waals surface area contributed by atoms with E-state index >= 15 is 0 Å². The lowest BCUT2D eigenvalue weighted by molar-refractivity contribution is 0.357. The van der Waals surface area contributed by atoms with E-state index in [4.69, 9.17) is 22.7 Å². The highest BCUT2D eigenvalue weighted by Crippen LogP contribution is 2.39. The molecular formula is C19H18N4O2S. The summed E-state index contributed by atoms with van der Waals surface area (Å²) < 4.78 is 7.46. The van der Waals surface area contributed by atoms with Crippen LogP contribution >= 0.6 is 12.2 Å². The van der Waals surface area contributed by atoms with Crippen LogP contribution in [0.25, 0.3) is 10.9 Å². The van der Waals surface area contributed by atoms with Crippen LogP contribution in [0.4, 0.5) is 5.69 Å². The molecule has 0 fully saturated rings. The number of hydrogen-bond acceptors (Lipinski definition) is 4. The molecule has 0 spiro atoms. The number of thiocarbonyl (C=S) groups is 1. The molecule has 1 heterocycles.